The van der Waals surface area contributed by atoms with Crippen molar-refractivity contribution >= 4 is 28.2 Å². The SMILES string of the molecule is Cc1ccc(-c2cccc3cnc(Nc4cccc(N5CCN(C)CC5)c4)nc23)cc1. The van der Waals surface area contributed by atoms with Crippen molar-refractivity contribution in [2.24, 2.45) is 0 Å². The fourth-order valence-electron chi connectivity index (χ4n) is 4.06. The van der Waals surface area contributed by atoms with Crippen molar-refractivity contribution in [3.8, 4) is 11.1 Å². The molecule has 0 atom stereocenters. The van der Waals surface area contributed by atoms with Crippen LogP contribution in [0.15, 0.2) is 72.9 Å². The van der Waals surface area contributed by atoms with E-state index in [1.165, 1.54) is 11.3 Å². The summed E-state index contributed by atoms with van der Waals surface area (Å²) in [4.78, 5) is 14.2. The lowest BCUT2D eigenvalue weighted by Gasteiger charge is -2.34. The van der Waals surface area contributed by atoms with Gasteiger partial charge in [0.05, 0.1) is 5.52 Å². The van der Waals surface area contributed by atoms with Crippen molar-refractivity contribution in [1.29, 1.82) is 0 Å². The molecule has 31 heavy (non-hydrogen) atoms. The van der Waals surface area contributed by atoms with E-state index in [9.17, 15) is 0 Å². The van der Waals surface area contributed by atoms with E-state index in [2.05, 4.69) is 101 Å². The van der Waals surface area contributed by atoms with Gasteiger partial charge in [0.15, 0.2) is 0 Å². The molecule has 4 aromatic rings. The van der Waals surface area contributed by atoms with Gasteiger partial charge in [-0.15, -0.1) is 0 Å². The first-order chi connectivity index (χ1) is 15.2. The average Bonchev–Trinajstić information content (AvgIpc) is 2.80. The number of benzene rings is 3. The lowest BCUT2D eigenvalue weighted by atomic mass is 10.0. The standard InChI is InChI=1S/C26H27N5/c1-19-9-11-20(12-10-19)24-8-3-5-21-18-27-26(29-25(21)24)28-22-6-4-7-23(17-22)31-15-13-30(2)14-16-31/h3-12,17-18H,13-16H2,1-2H3,(H,27,28,29). The third-order valence-electron chi connectivity index (χ3n) is 5.94. The summed E-state index contributed by atoms with van der Waals surface area (Å²) in [5.74, 6) is 0.614. The number of rotatable bonds is 4. The van der Waals surface area contributed by atoms with E-state index in [-0.39, 0.29) is 0 Å². The van der Waals surface area contributed by atoms with Crippen LogP contribution in [-0.2, 0) is 0 Å². The molecule has 0 unspecified atom stereocenters. The Hall–Kier alpha value is -3.44. The van der Waals surface area contributed by atoms with E-state index in [4.69, 9.17) is 4.98 Å². The molecule has 1 aliphatic heterocycles. The molecule has 0 saturated carbocycles. The van der Waals surface area contributed by atoms with Gasteiger partial charge in [0.25, 0.3) is 0 Å². The number of anilines is 3. The van der Waals surface area contributed by atoms with Crippen LogP contribution >= 0.6 is 0 Å². The van der Waals surface area contributed by atoms with E-state index < -0.39 is 0 Å². The molecule has 156 valence electrons. The number of para-hydroxylation sites is 1. The predicted molar refractivity (Wildman–Crippen MR) is 129 cm³/mol. The van der Waals surface area contributed by atoms with Crippen LogP contribution in [0.1, 0.15) is 5.56 Å². The summed E-state index contributed by atoms with van der Waals surface area (Å²) in [5.41, 5.74) is 6.73. The Labute approximate surface area is 183 Å². The topological polar surface area (TPSA) is 44.3 Å². The van der Waals surface area contributed by atoms with Gasteiger partial charge < -0.3 is 15.1 Å². The van der Waals surface area contributed by atoms with Crippen LogP contribution in [0.4, 0.5) is 17.3 Å². The van der Waals surface area contributed by atoms with Crippen LogP contribution in [0, 0.1) is 6.92 Å². The largest absolute Gasteiger partial charge is 0.369 e. The molecule has 5 nitrogen and oxygen atoms in total. The third kappa shape index (κ3) is 4.23. The molecular weight excluding hydrogens is 382 g/mol. The highest BCUT2D eigenvalue weighted by Crippen LogP contribution is 2.29. The molecule has 1 saturated heterocycles. The van der Waals surface area contributed by atoms with Crippen molar-refractivity contribution < 1.29 is 0 Å². The van der Waals surface area contributed by atoms with Gasteiger partial charge in [0.2, 0.25) is 5.95 Å². The van der Waals surface area contributed by atoms with Crippen LogP contribution in [0.5, 0.6) is 0 Å². The lowest BCUT2D eigenvalue weighted by Crippen LogP contribution is -2.44. The smallest absolute Gasteiger partial charge is 0.227 e. The van der Waals surface area contributed by atoms with E-state index >= 15 is 0 Å². The maximum atomic E-state index is 4.88. The van der Waals surface area contributed by atoms with Gasteiger partial charge in [0.1, 0.15) is 0 Å². The first kappa shape index (κ1) is 19.5. The van der Waals surface area contributed by atoms with Gasteiger partial charge in [0, 0.05) is 54.7 Å². The monoisotopic (exact) mass is 409 g/mol. The van der Waals surface area contributed by atoms with E-state index in [1.54, 1.807) is 0 Å². The van der Waals surface area contributed by atoms with Crippen molar-refractivity contribution in [1.82, 2.24) is 14.9 Å². The number of hydrogen-bond donors (Lipinski definition) is 1. The van der Waals surface area contributed by atoms with Crippen LogP contribution < -0.4 is 10.2 Å². The summed E-state index contributed by atoms with van der Waals surface area (Å²) in [6.45, 7) is 6.38. The van der Waals surface area contributed by atoms with Gasteiger partial charge in [-0.3, -0.25) is 0 Å². The summed E-state index contributed by atoms with van der Waals surface area (Å²) < 4.78 is 0. The Morgan fingerprint density at radius 1 is 0.871 bits per heavy atom. The molecule has 0 amide bonds. The number of nitrogens with one attached hydrogen (secondary N) is 1. The zero-order valence-electron chi connectivity index (χ0n) is 18.0. The quantitative estimate of drug-likeness (QED) is 0.508. The molecule has 5 rings (SSSR count). The van der Waals surface area contributed by atoms with Crippen LogP contribution in [0.25, 0.3) is 22.0 Å². The molecule has 0 spiro atoms. The predicted octanol–water partition coefficient (Wildman–Crippen LogP) is 5.10. The summed E-state index contributed by atoms with van der Waals surface area (Å²) in [6.07, 6.45) is 1.90. The molecule has 1 N–H and O–H groups in total. The van der Waals surface area contributed by atoms with Gasteiger partial charge in [-0.1, -0.05) is 54.1 Å². The molecule has 2 heterocycles. The van der Waals surface area contributed by atoms with E-state index in [1.807, 2.05) is 6.20 Å². The summed E-state index contributed by atoms with van der Waals surface area (Å²) >= 11 is 0. The minimum absolute atomic E-state index is 0.614. The van der Waals surface area contributed by atoms with Gasteiger partial charge >= 0.3 is 0 Å². The second-order valence-electron chi connectivity index (χ2n) is 8.27. The number of piperazine rings is 1. The van der Waals surface area contributed by atoms with Gasteiger partial charge in [-0.05, 0) is 37.7 Å². The Morgan fingerprint density at radius 2 is 1.65 bits per heavy atom. The Morgan fingerprint density at radius 3 is 2.45 bits per heavy atom. The zero-order chi connectivity index (χ0) is 21.2. The Balaban J connectivity index is 1.44. The van der Waals surface area contributed by atoms with Crippen molar-refractivity contribution in [2.45, 2.75) is 6.92 Å². The molecule has 1 fully saturated rings. The second-order valence-corrected chi connectivity index (χ2v) is 8.27. The number of aromatic nitrogens is 2. The van der Waals surface area contributed by atoms with E-state index in [0.29, 0.717) is 5.95 Å². The van der Waals surface area contributed by atoms with Gasteiger partial charge in [-0.25, -0.2) is 9.97 Å². The fourth-order valence-corrected chi connectivity index (χ4v) is 4.06. The maximum Gasteiger partial charge on any atom is 0.227 e. The van der Waals surface area contributed by atoms with Crippen molar-refractivity contribution in [3.63, 3.8) is 0 Å². The molecule has 0 aliphatic carbocycles. The zero-order valence-corrected chi connectivity index (χ0v) is 18.0. The minimum atomic E-state index is 0.614. The fraction of sp³-hybridized carbons (Fsp3) is 0.231. The molecule has 5 heteroatoms. The highest BCUT2D eigenvalue weighted by Gasteiger charge is 2.14. The highest BCUT2D eigenvalue weighted by atomic mass is 15.2. The number of hydrogen-bond acceptors (Lipinski definition) is 5. The number of likely N-dealkylation sites (N-methyl/N-ethyl adjacent to an activating group) is 1. The first-order valence-electron chi connectivity index (χ1n) is 10.8. The molecule has 0 bridgehead atoms. The number of aryl methyl sites for hydroxylation is 1. The second kappa shape index (κ2) is 8.36. The highest BCUT2D eigenvalue weighted by molar-refractivity contribution is 5.93. The maximum absolute atomic E-state index is 4.88. The molecule has 1 aromatic heterocycles. The lowest BCUT2D eigenvalue weighted by molar-refractivity contribution is 0.313. The normalized spacial score (nSPS) is 14.7. The molecular formula is C26H27N5. The number of fused-ring (bicyclic) bond motifs is 1. The minimum Gasteiger partial charge on any atom is -0.369 e. The Kier molecular flexibility index (Phi) is 5.26. The van der Waals surface area contributed by atoms with Crippen molar-refractivity contribution in [2.75, 3.05) is 43.4 Å². The van der Waals surface area contributed by atoms with E-state index in [0.717, 1.165) is 53.9 Å². The van der Waals surface area contributed by atoms with Gasteiger partial charge in [-0.2, -0.15) is 0 Å². The molecule has 1 aliphatic rings. The molecule has 3 aromatic carbocycles. The van der Waals surface area contributed by atoms with Crippen LogP contribution in [0.2, 0.25) is 0 Å². The average molecular weight is 410 g/mol. The summed E-state index contributed by atoms with van der Waals surface area (Å²) in [7, 11) is 2.18. The van der Waals surface area contributed by atoms with Crippen LogP contribution in [-0.4, -0.2) is 48.1 Å². The number of nitrogens with zero attached hydrogens (tertiary/aromatic N) is 4. The third-order valence-corrected chi connectivity index (χ3v) is 5.94. The first-order valence-corrected chi connectivity index (χ1v) is 10.8. The molecule has 0 radical (unpaired) electrons. The van der Waals surface area contributed by atoms with Crippen molar-refractivity contribution in [3.05, 3.63) is 78.5 Å². The summed E-state index contributed by atoms with van der Waals surface area (Å²) in [5, 5.41) is 4.45. The van der Waals surface area contributed by atoms with Crippen LogP contribution in [0.3, 0.4) is 0 Å². The summed E-state index contributed by atoms with van der Waals surface area (Å²) in [6, 6.07) is 23.3. The Bertz CT molecular complexity index is 1190.